The van der Waals surface area contributed by atoms with Crippen LogP contribution in [0.4, 0.5) is 0 Å². The molecular formula is C15H21NO3. The topological polar surface area (TPSA) is 69.6 Å². The highest BCUT2D eigenvalue weighted by molar-refractivity contribution is 5.95. The van der Waals surface area contributed by atoms with Gasteiger partial charge in [-0.05, 0) is 36.5 Å². The van der Waals surface area contributed by atoms with Crippen LogP contribution in [0.1, 0.15) is 43.5 Å². The normalized spacial score (nSPS) is 26.9. The Morgan fingerprint density at radius 1 is 1.21 bits per heavy atom. The van der Waals surface area contributed by atoms with Crippen LogP contribution in [0.3, 0.4) is 0 Å². The number of carbonyl (C=O) groups excluding carboxylic acids is 1. The molecule has 0 aliphatic heterocycles. The van der Waals surface area contributed by atoms with Crippen molar-refractivity contribution in [2.24, 2.45) is 11.8 Å². The Kier molecular flexibility index (Phi) is 3.98. The molecule has 4 heteroatoms. The van der Waals surface area contributed by atoms with E-state index in [1.165, 1.54) is 24.6 Å². The number of benzene rings is 1. The Morgan fingerprint density at radius 2 is 1.95 bits per heavy atom. The number of hydrogen-bond acceptors (Lipinski definition) is 3. The number of phenols is 2. The predicted octanol–water partition coefficient (Wildman–Crippen LogP) is 2.65. The number of nitrogens with one attached hydrogen (secondary N) is 1. The van der Waals surface area contributed by atoms with Crippen LogP contribution in [0.15, 0.2) is 18.2 Å². The van der Waals surface area contributed by atoms with Gasteiger partial charge >= 0.3 is 0 Å². The standard InChI is InChI=1S/C15H21NO3/c1-9-4-3-5-12(10(9)2)16-15(19)11-6-7-13(17)14(18)8-11/h6-10,12,17-18H,3-5H2,1-2H3,(H,16,19). The zero-order chi connectivity index (χ0) is 14.0. The largest absolute Gasteiger partial charge is 0.504 e. The first-order valence-corrected chi connectivity index (χ1v) is 6.82. The van der Waals surface area contributed by atoms with Gasteiger partial charge in [-0.25, -0.2) is 0 Å². The Balaban J connectivity index is 2.06. The highest BCUT2D eigenvalue weighted by Gasteiger charge is 2.28. The van der Waals surface area contributed by atoms with Gasteiger partial charge in [0, 0.05) is 11.6 Å². The highest BCUT2D eigenvalue weighted by Crippen LogP contribution is 2.30. The molecule has 1 aromatic rings. The number of hydrogen-bond donors (Lipinski definition) is 3. The van der Waals surface area contributed by atoms with Crippen molar-refractivity contribution in [3.63, 3.8) is 0 Å². The summed E-state index contributed by atoms with van der Waals surface area (Å²) in [5.74, 6) is 0.408. The van der Waals surface area contributed by atoms with Crippen LogP contribution >= 0.6 is 0 Å². The second-order valence-corrected chi connectivity index (χ2v) is 5.55. The van der Waals surface area contributed by atoms with E-state index in [-0.39, 0.29) is 23.4 Å². The van der Waals surface area contributed by atoms with Crippen molar-refractivity contribution in [2.75, 3.05) is 0 Å². The van der Waals surface area contributed by atoms with E-state index in [1.54, 1.807) is 0 Å². The molecule has 1 saturated carbocycles. The molecule has 19 heavy (non-hydrogen) atoms. The predicted molar refractivity (Wildman–Crippen MR) is 73.2 cm³/mol. The SMILES string of the molecule is CC1CCCC(NC(=O)c2ccc(O)c(O)c2)C1C. The van der Waals surface area contributed by atoms with E-state index in [9.17, 15) is 15.0 Å². The first kappa shape index (κ1) is 13.7. The lowest BCUT2D eigenvalue weighted by Crippen LogP contribution is -2.43. The molecule has 0 bridgehead atoms. The summed E-state index contributed by atoms with van der Waals surface area (Å²) < 4.78 is 0. The number of rotatable bonds is 2. The first-order valence-electron chi connectivity index (χ1n) is 6.82. The van der Waals surface area contributed by atoms with E-state index in [2.05, 4.69) is 19.2 Å². The third kappa shape index (κ3) is 3.00. The van der Waals surface area contributed by atoms with Crippen LogP contribution in [0.2, 0.25) is 0 Å². The number of phenolic OH excluding ortho intramolecular Hbond substituents is 2. The van der Waals surface area contributed by atoms with Crippen LogP contribution in [0.5, 0.6) is 11.5 Å². The van der Waals surface area contributed by atoms with Crippen LogP contribution in [0.25, 0.3) is 0 Å². The Bertz CT molecular complexity index is 472. The summed E-state index contributed by atoms with van der Waals surface area (Å²) in [6.07, 6.45) is 3.35. The molecule has 0 aromatic heterocycles. The second-order valence-electron chi connectivity index (χ2n) is 5.55. The lowest BCUT2D eigenvalue weighted by atomic mass is 9.78. The van der Waals surface area contributed by atoms with Crippen LogP contribution in [-0.2, 0) is 0 Å². The molecule has 104 valence electrons. The summed E-state index contributed by atoms with van der Waals surface area (Å²) in [6.45, 7) is 4.39. The Hall–Kier alpha value is -1.71. The number of aromatic hydroxyl groups is 2. The minimum Gasteiger partial charge on any atom is -0.504 e. The molecule has 4 nitrogen and oxygen atoms in total. The first-order chi connectivity index (χ1) is 8.99. The Morgan fingerprint density at radius 3 is 2.63 bits per heavy atom. The van der Waals surface area contributed by atoms with Gasteiger partial charge in [0.1, 0.15) is 0 Å². The molecule has 1 aromatic carbocycles. The van der Waals surface area contributed by atoms with Crippen LogP contribution in [0, 0.1) is 11.8 Å². The summed E-state index contributed by atoms with van der Waals surface area (Å²) >= 11 is 0. The average molecular weight is 263 g/mol. The zero-order valence-electron chi connectivity index (χ0n) is 11.4. The minimum absolute atomic E-state index is 0.187. The molecule has 1 fully saturated rings. The third-order valence-corrected chi connectivity index (χ3v) is 4.26. The second kappa shape index (κ2) is 5.51. The Labute approximate surface area is 113 Å². The van der Waals surface area contributed by atoms with Crippen molar-refractivity contribution in [1.29, 1.82) is 0 Å². The van der Waals surface area contributed by atoms with Crippen LogP contribution in [-0.4, -0.2) is 22.2 Å². The molecule has 0 saturated heterocycles. The van der Waals surface area contributed by atoms with E-state index in [0.717, 1.165) is 12.8 Å². The molecule has 1 amide bonds. The monoisotopic (exact) mass is 263 g/mol. The summed E-state index contributed by atoms with van der Waals surface area (Å²) in [6, 6.07) is 4.33. The van der Waals surface area contributed by atoms with Crippen molar-refractivity contribution in [3.8, 4) is 11.5 Å². The number of carbonyl (C=O) groups is 1. The van der Waals surface area contributed by atoms with Gasteiger partial charge in [-0.2, -0.15) is 0 Å². The molecule has 0 radical (unpaired) electrons. The fraction of sp³-hybridized carbons (Fsp3) is 0.533. The van der Waals surface area contributed by atoms with Gasteiger partial charge in [0.05, 0.1) is 0 Å². The van der Waals surface area contributed by atoms with Crippen molar-refractivity contribution < 1.29 is 15.0 Å². The van der Waals surface area contributed by atoms with Gasteiger partial charge in [0.15, 0.2) is 11.5 Å². The molecular weight excluding hydrogens is 242 g/mol. The smallest absolute Gasteiger partial charge is 0.251 e. The third-order valence-electron chi connectivity index (χ3n) is 4.26. The maximum atomic E-state index is 12.1. The van der Waals surface area contributed by atoms with Gasteiger partial charge in [-0.1, -0.05) is 26.7 Å². The van der Waals surface area contributed by atoms with E-state index >= 15 is 0 Å². The van der Waals surface area contributed by atoms with E-state index < -0.39 is 0 Å². The van der Waals surface area contributed by atoms with E-state index in [0.29, 0.717) is 17.4 Å². The van der Waals surface area contributed by atoms with Gasteiger partial charge in [0.2, 0.25) is 0 Å². The van der Waals surface area contributed by atoms with Crippen molar-refractivity contribution >= 4 is 5.91 Å². The molecule has 1 aliphatic rings. The quantitative estimate of drug-likeness (QED) is 0.718. The summed E-state index contributed by atoms with van der Waals surface area (Å²) in [7, 11) is 0. The fourth-order valence-corrected chi connectivity index (χ4v) is 2.70. The average Bonchev–Trinajstić information content (AvgIpc) is 2.38. The van der Waals surface area contributed by atoms with Gasteiger partial charge in [0.25, 0.3) is 5.91 Å². The summed E-state index contributed by atoms with van der Waals surface area (Å²) in [5, 5.41) is 21.7. The van der Waals surface area contributed by atoms with Crippen molar-refractivity contribution in [3.05, 3.63) is 23.8 Å². The summed E-state index contributed by atoms with van der Waals surface area (Å²) in [4.78, 5) is 12.1. The maximum absolute atomic E-state index is 12.1. The van der Waals surface area contributed by atoms with Crippen molar-refractivity contribution in [1.82, 2.24) is 5.32 Å². The minimum atomic E-state index is -0.266. The number of amides is 1. The molecule has 3 N–H and O–H groups in total. The molecule has 2 rings (SSSR count). The molecule has 0 heterocycles. The van der Waals surface area contributed by atoms with E-state index in [4.69, 9.17) is 0 Å². The van der Waals surface area contributed by atoms with Crippen molar-refractivity contribution in [2.45, 2.75) is 39.2 Å². The van der Waals surface area contributed by atoms with Crippen LogP contribution < -0.4 is 5.32 Å². The molecule has 3 unspecified atom stereocenters. The lowest BCUT2D eigenvalue weighted by Gasteiger charge is -2.34. The summed E-state index contributed by atoms with van der Waals surface area (Å²) in [5.41, 5.74) is 0.376. The maximum Gasteiger partial charge on any atom is 0.251 e. The molecule has 1 aliphatic carbocycles. The van der Waals surface area contributed by atoms with Gasteiger partial charge in [-0.3, -0.25) is 4.79 Å². The van der Waals surface area contributed by atoms with Gasteiger partial charge in [-0.15, -0.1) is 0 Å². The van der Waals surface area contributed by atoms with Gasteiger partial charge < -0.3 is 15.5 Å². The zero-order valence-corrected chi connectivity index (χ0v) is 11.4. The lowest BCUT2D eigenvalue weighted by molar-refractivity contribution is 0.0890. The fourth-order valence-electron chi connectivity index (χ4n) is 2.70. The molecule has 0 spiro atoms. The molecule has 3 atom stereocenters. The highest BCUT2D eigenvalue weighted by atomic mass is 16.3. The van der Waals surface area contributed by atoms with E-state index in [1.807, 2.05) is 0 Å².